The molecule has 0 amide bonds. The van der Waals surface area contributed by atoms with E-state index in [1.54, 1.807) is 7.11 Å². The molecule has 0 N–H and O–H groups in total. The van der Waals surface area contributed by atoms with Crippen molar-refractivity contribution >= 4 is 22.6 Å². The first kappa shape index (κ1) is 13.8. The third kappa shape index (κ3) is 3.42. The second-order valence-corrected chi connectivity index (χ2v) is 5.07. The van der Waals surface area contributed by atoms with E-state index in [1.165, 1.54) is 0 Å². The second kappa shape index (κ2) is 6.48. The largest absolute Gasteiger partial charge is 0.493 e. The second-order valence-electron chi connectivity index (χ2n) is 3.91. The lowest BCUT2D eigenvalue weighted by Gasteiger charge is -2.13. The van der Waals surface area contributed by atoms with E-state index >= 15 is 0 Å². The summed E-state index contributed by atoms with van der Waals surface area (Å²) in [5.41, 5.74) is 1.90. The standard InChI is InChI=1S/C16H13IO2/c1-3-12-9-14(17)16(15(10-12)18-2)19-11-13-7-5-4-6-8-13/h1,4-10H,11H2,2H3. The molecule has 0 aromatic heterocycles. The van der Waals surface area contributed by atoms with Gasteiger partial charge in [-0.1, -0.05) is 36.3 Å². The summed E-state index contributed by atoms with van der Waals surface area (Å²) in [5.74, 6) is 3.99. The highest BCUT2D eigenvalue weighted by Crippen LogP contribution is 2.34. The van der Waals surface area contributed by atoms with Gasteiger partial charge in [0.1, 0.15) is 6.61 Å². The molecule has 0 bridgehead atoms. The summed E-state index contributed by atoms with van der Waals surface area (Å²) in [6.45, 7) is 0.503. The van der Waals surface area contributed by atoms with Gasteiger partial charge in [0.2, 0.25) is 0 Å². The zero-order chi connectivity index (χ0) is 13.7. The van der Waals surface area contributed by atoms with Crippen LogP contribution in [0.1, 0.15) is 11.1 Å². The number of halogens is 1. The number of hydrogen-bond donors (Lipinski definition) is 0. The Bertz CT molecular complexity index is 600. The molecule has 2 aromatic carbocycles. The first-order valence-corrected chi connectivity index (χ1v) is 6.83. The Balaban J connectivity index is 2.23. The van der Waals surface area contributed by atoms with Gasteiger partial charge in [0.15, 0.2) is 11.5 Å². The number of ether oxygens (including phenoxy) is 2. The van der Waals surface area contributed by atoms with Crippen molar-refractivity contribution < 1.29 is 9.47 Å². The zero-order valence-electron chi connectivity index (χ0n) is 10.5. The van der Waals surface area contributed by atoms with E-state index in [1.807, 2.05) is 42.5 Å². The SMILES string of the molecule is C#Cc1cc(I)c(OCc2ccccc2)c(OC)c1. The van der Waals surface area contributed by atoms with Crippen LogP contribution in [0.5, 0.6) is 11.5 Å². The molecule has 0 saturated carbocycles. The minimum atomic E-state index is 0.503. The van der Waals surface area contributed by atoms with Crippen LogP contribution in [0, 0.1) is 15.9 Å². The summed E-state index contributed by atoms with van der Waals surface area (Å²) in [4.78, 5) is 0. The lowest BCUT2D eigenvalue weighted by atomic mass is 10.2. The number of methoxy groups -OCH3 is 1. The minimum absolute atomic E-state index is 0.503. The van der Waals surface area contributed by atoms with Crippen molar-refractivity contribution in [2.75, 3.05) is 7.11 Å². The van der Waals surface area contributed by atoms with Crippen molar-refractivity contribution in [3.05, 3.63) is 57.2 Å². The number of terminal acetylenes is 1. The molecule has 0 unspecified atom stereocenters. The molecule has 19 heavy (non-hydrogen) atoms. The van der Waals surface area contributed by atoms with Gasteiger partial charge in [-0.05, 0) is 40.3 Å². The van der Waals surface area contributed by atoms with Crippen LogP contribution in [-0.4, -0.2) is 7.11 Å². The lowest BCUT2D eigenvalue weighted by molar-refractivity contribution is 0.282. The molecular weight excluding hydrogens is 351 g/mol. The summed E-state index contributed by atoms with van der Waals surface area (Å²) < 4.78 is 12.1. The molecule has 0 heterocycles. The van der Waals surface area contributed by atoms with Crippen molar-refractivity contribution in [1.82, 2.24) is 0 Å². The molecule has 0 radical (unpaired) electrons. The van der Waals surface area contributed by atoms with Gasteiger partial charge in [-0.15, -0.1) is 6.42 Å². The molecule has 0 aliphatic carbocycles. The summed E-state index contributed by atoms with van der Waals surface area (Å²) >= 11 is 2.20. The van der Waals surface area contributed by atoms with Crippen LogP contribution in [0.4, 0.5) is 0 Å². The average Bonchev–Trinajstić information content (AvgIpc) is 2.46. The van der Waals surface area contributed by atoms with Crippen LogP contribution in [0.15, 0.2) is 42.5 Å². The Kier molecular flexibility index (Phi) is 4.69. The van der Waals surface area contributed by atoms with Crippen LogP contribution in [0.25, 0.3) is 0 Å². The van der Waals surface area contributed by atoms with Crippen molar-refractivity contribution in [3.8, 4) is 23.8 Å². The van der Waals surface area contributed by atoms with Gasteiger partial charge in [0.05, 0.1) is 10.7 Å². The molecule has 2 rings (SSSR count). The fourth-order valence-electron chi connectivity index (χ4n) is 1.67. The van der Waals surface area contributed by atoms with Gasteiger partial charge < -0.3 is 9.47 Å². The first-order chi connectivity index (χ1) is 9.24. The van der Waals surface area contributed by atoms with Gasteiger partial charge in [0, 0.05) is 5.56 Å². The Morgan fingerprint density at radius 3 is 2.58 bits per heavy atom. The van der Waals surface area contributed by atoms with Crippen LogP contribution >= 0.6 is 22.6 Å². The van der Waals surface area contributed by atoms with Crippen LogP contribution in [0.2, 0.25) is 0 Å². The Labute approximate surface area is 126 Å². The van der Waals surface area contributed by atoms with Gasteiger partial charge in [0.25, 0.3) is 0 Å². The predicted octanol–water partition coefficient (Wildman–Crippen LogP) is 3.86. The molecule has 96 valence electrons. The highest BCUT2D eigenvalue weighted by Gasteiger charge is 2.11. The average molecular weight is 364 g/mol. The molecular formula is C16H13IO2. The monoisotopic (exact) mass is 364 g/mol. The topological polar surface area (TPSA) is 18.5 Å². The van der Waals surface area contributed by atoms with E-state index in [2.05, 4.69) is 28.5 Å². The van der Waals surface area contributed by atoms with Crippen LogP contribution in [0.3, 0.4) is 0 Å². The fourth-order valence-corrected chi connectivity index (χ4v) is 2.43. The highest BCUT2D eigenvalue weighted by molar-refractivity contribution is 14.1. The van der Waals surface area contributed by atoms with Gasteiger partial charge in [-0.2, -0.15) is 0 Å². The summed E-state index contributed by atoms with van der Waals surface area (Å²) in [6, 6.07) is 13.7. The molecule has 0 atom stereocenters. The third-order valence-corrected chi connectivity index (χ3v) is 3.42. The number of hydrogen-bond acceptors (Lipinski definition) is 2. The van der Waals surface area contributed by atoms with Gasteiger partial charge in [-0.3, -0.25) is 0 Å². The van der Waals surface area contributed by atoms with Crippen LogP contribution in [-0.2, 0) is 6.61 Å². The highest BCUT2D eigenvalue weighted by atomic mass is 127. The van der Waals surface area contributed by atoms with E-state index in [4.69, 9.17) is 15.9 Å². The molecule has 0 saturated heterocycles. The summed E-state index contributed by atoms with van der Waals surface area (Å²) in [7, 11) is 1.61. The van der Waals surface area contributed by atoms with E-state index < -0.39 is 0 Å². The van der Waals surface area contributed by atoms with Crippen molar-refractivity contribution in [2.24, 2.45) is 0 Å². The predicted molar refractivity (Wildman–Crippen MR) is 84.4 cm³/mol. The Hall–Kier alpha value is -1.67. The normalized spacial score (nSPS) is 9.74. The van der Waals surface area contributed by atoms with E-state index in [0.29, 0.717) is 12.4 Å². The van der Waals surface area contributed by atoms with Crippen molar-refractivity contribution in [1.29, 1.82) is 0 Å². The third-order valence-electron chi connectivity index (χ3n) is 2.62. The Morgan fingerprint density at radius 1 is 1.21 bits per heavy atom. The van der Waals surface area contributed by atoms with E-state index in [9.17, 15) is 0 Å². The van der Waals surface area contributed by atoms with E-state index in [0.717, 1.165) is 20.4 Å². The smallest absolute Gasteiger partial charge is 0.175 e. The van der Waals surface area contributed by atoms with Crippen molar-refractivity contribution in [2.45, 2.75) is 6.61 Å². The summed E-state index contributed by atoms with van der Waals surface area (Å²) in [6.07, 6.45) is 5.41. The van der Waals surface area contributed by atoms with Crippen LogP contribution < -0.4 is 9.47 Å². The maximum Gasteiger partial charge on any atom is 0.175 e. The lowest BCUT2D eigenvalue weighted by Crippen LogP contribution is -2.00. The maximum absolute atomic E-state index is 5.84. The molecule has 2 nitrogen and oxygen atoms in total. The van der Waals surface area contributed by atoms with Gasteiger partial charge >= 0.3 is 0 Å². The van der Waals surface area contributed by atoms with Crippen molar-refractivity contribution in [3.63, 3.8) is 0 Å². The molecule has 2 aromatic rings. The quantitative estimate of drug-likeness (QED) is 0.606. The fraction of sp³-hybridized carbons (Fsp3) is 0.125. The number of benzene rings is 2. The summed E-state index contributed by atoms with van der Waals surface area (Å²) in [5, 5.41) is 0. The maximum atomic E-state index is 5.84. The zero-order valence-corrected chi connectivity index (χ0v) is 12.7. The van der Waals surface area contributed by atoms with Gasteiger partial charge in [-0.25, -0.2) is 0 Å². The minimum Gasteiger partial charge on any atom is -0.493 e. The molecule has 0 aliphatic heterocycles. The molecule has 0 aliphatic rings. The van der Waals surface area contributed by atoms with E-state index in [-0.39, 0.29) is 0 Å². The first-order valence-electron chi connectivity index (χ1n) is 5.75. The number of rotatable bonds is 4. The Morgan fingerprint density at radius 2 is 1.95 bits per heavy atom. The molecule has 0 spiro atoms. The molecule has 3 heteroatoms. The molecule has 0 fully saturated rings.